The molecule has 1 aromatic carbocycles. The lowest BCUT2D eigenvalue weighted by molar-refractivity contribution is -0.132. The van der Waals surface area contributed by atoms with Crippen molar-refractivity contribution < 1.29 is 9.59 Å². The van der Waals surface area contributed by atoms with E-state index in [0.717, 1.165) is 11.3 Å². The molecular formula is C22H26N4O3. The van der Waals surface area contributed by atoms with Crippen LogP contribution in [0.3, 0.4) is 0 Å². The summed E-state index contributed by atoms with van der Waals surface area (Å²) in [4.78, 5) is 45.1. The van der Waals surface area contributed by atoms with Crippen molar-refractivity contribution >= 4 is 11.8 Å². The normalized spacial score (nSPS) is 23.3. The van der Waals surface area contributed by atoms with Gasteiger partial charge in [-0.25, -0.2) is 4.79 Å². The molecule has 2 aliphatic heterocycles. The summed E-state index contributed by atoms with van der Waals surface area (Å²) in [6.45, 7) is 7.08. The number of nitrogens with zero attached hydrogens (tertiary/aromatic N) is 4. The highest BCUT2D eigenvalue weighted by atomic mass is 16.2. The van der Waals surface area contributed by atoms with E-state index in [2.05, 4.69) is 4.98 Å². The Labute approximate surface area is 170 Å². The molecule has 0 N–H and O–H groups in total. The summed E-state index contributed by atoms with van der Waals surface area (Å²) in [6, 6.07) is 11.8. The van der Waals surface area contributed by atoms with E-state index < -0.39 is 0 Å². The van der Waals surface area contributed by atoms with Crippen LogP contribution in [0, 0.1) is 25.7 Å². The number of amides is 2. The molecule has 7 nitrogen and oxygen atoms in total. The summed E-state index contributed by atoms with van der Waals surface area (Å²) in [5, 5.41) is 0. The molecule has 0 saturated carbocycles. The van der Waals surface area contributed by atoms with Crippen molar-refractivity contribution in [3.8, 4) is 0 Å². The van der Waals surface area contributed by atoms with Crippen molar-refractivity contribution in [2.75, 3.05) is 19.6 Å². The van der Waals surface area contributed by atoms with Gasteiger partial charge in [0, 0.05) is 49.8 Å². The van der Waals surface area contributed by atoms with Crippen LogP contribution in [0.4, 0.5) is 0 Å². The molecule has 2 saturated heterocycles. The molecule has 2 amide bonds. The van der Waals surface area contributed by atoms with Gasteiger partial charge in [-0.3, -0.25) is 14.2 Å². The number of rotatable bonds is 3. The summed E-state index contributed by atoms with van der Waals surface area (Å²) < 4.78 is 1.43. The van der Waals surface area contributed by atoms with Crippen LogP contribution in [0.25, 0.3) is 0 Å². The average molecular weight is 394 g/mol. The number of fused-ring (bicyclic) bond motifs is 1. The fraction of sp³-hybridized carbons (Fsp3) is 0.455. The Morgan fingerprint density at radius 3 is 2.48 bits per heavy atom. The number of hydrogen-bond acceptors (Lipinski definition) is 4. The lowest BCUT2D eigenvalue weighted by Gasteiger charge is -2.29. The Morgan fingerprint density at radius 2 is 1.83 bits per heavy atom. The number of hydrogen-bond donors (Lipinski definition) is 0. The van der Waals surface area contributed by atoms with Crippen LogP contribution in [-0.2, 0) is 16.1 Å². The quantitative estimate of drug-likeness (QED) is 0.791. The number of benzene rings is 1. The molecular weight excluding hydrogens is 368 g/mol. The van der Waals surface area contributed by atoms with Crippen molar-refractivity contribution in [1.29, 1.82) is 0 Å². The van der Waals surface area contributed by atoms with Crippen molar-refractivity contribution in [1.82, 2.24) is 19.4 Å². The van der Waals surface area contributed by atoms with Crippen molar-refractivity contribution in [2.45, 2.75) is 33.4 Å². The number of aromatic nitrogens is 2. The molecule has 0 radical (unpaired) electrons. The first kappa shape index (κ1) is 19.4. The molecule has 2 fully saturated rings. The molecule has 0 aliphatic carbocycles. The lowest BCUT2D eigenvalue weighted by atomic mass is 9.89. The van der Waals surface area contributed by atoms with Gasteiger partial charge in [0.2, 0.25) is 11.8 Å². The van der Waals surface area contributed by atoms with Crippen LogP contribution in [-0.4, -0.2) is 50.8 Å². The molecule has 0 unspecified atom stereocenters. The molecule has 1 aromatic heterocycles. The van der Waals surface area contributed by atoms with Crippen LogP contribution in [0.1, 0.15) is 29.9 Å². The standard InChI is InChI=1S/C22H26N4O3/c1-14-9-15(2)25(22(29)23-14)13-20(28)24-10-18-11-26(16(3)27)21(19(18)12-24)17-7-5-4-6-8-17/h4-9,18-19,21H,10-13H2,1-3H3/t18-,19-,21+/m1/s1. The summed E-state index contributed by atoms with van der Waals surface area (Å²) >= 11 is 0. The maximum absolute atomic E-state index is 13.0. The fourth-order valence-corrected chi connectivity index (χ4v) is 4.85. The van der Waals surface area contributed by atoms with Crippen LogP contribution in [0.5, 0.6) is 0 Å². The van der Waals surface area contributed by atoms with E-state index in [1.165, 1.54) is 4.57 Å². The lowest BCUT2D eigenvalue weighted by Crippen LogP contribution is -2.39. The van der Waals surface area contributed by atoms with E-state index in [1.54, 1.807) is 13.8 Å². The van der Waals surface area contributed by atoms with E-state index in [0.29, 0.717) is 25.3 Å². The van der Waals surface area contributed by atoms with Crippen molar-refractivity contribution in [3.05, 3.63) is 63.8 Å². The van der Waals surface area contributed by atoms with E-state index in [-0.39, 0.29) is 41.9 Å². The predicted octanol–water partition coefficient (Wildman–Crippen LogP) is 1.54. The van der Waals surface area contributed by atoms with Gasteiger partial charge in [0.25, 0.3) is 0 Å². The van der Waals surface area contributed by atoms with Gasteiger partial charge in [-0.1, -0.05) is 30.3 Å². The summed E-state index contributed by atoms with van der Waals surface area (Å²) in [5.41, 5.74) is 2.11. The molecule has 2 aromatic rings. The Hall–Kier alpha value is -2.96. The first-order valence-electron chi connectivity index (χ1n) is 10.00. The maximum Gasteiger partial charge on any atom is 0.348 e. The van der Waals surface area contributed by atoms with Crippen LogP contribution in [0.2, 0.25) is 0 Å². The van der Waals surface area contributed by atoms with Gasteiger partial charge in [0.05, 0.1) is 6.04 Å². The van der Waals surface area contributed by atoms with Crippen LogP contribution >= 0.6 is 0 Å². The molecule has 0 bridgehead atoms. The number of likely N-dealkylation sites (tertiary alicyclic amines) is 2. The SMILES string of the molecule is CC(=O)N1C[C@H]2CN(C(=O)Cn3c(C)cc(C)nc3=O)C[C@H]2[C@@H]1c1ccccc1. The second-order valence-electron chi connectivity index (χ2n) is 8.16. The molecule has 152 valence electrons. The largest absolute Gasteiger partial charge is 0.348 e. The van der Waals surface area contributed by atoms with Gasteiger partial charge in [-0.05, 0) is 25.5 Å². The third-order valence-electron chi connectivity index (χ3n) is 6.20. The smallest absolute Gasteiger partial charge is 0.340 e. The monoisotopic (exact) mass is 394 g/mol. The van der Waals surface area contributed by atoms with Crippen LogP contribution < -0.4 is 5.69 Å². The van der Waals surface area contributed by atoms with Gasteiger partial charge in [0.1, 0.15) is 6.54 Å². The van der Waals surface area contributed by atoms with Gasteiger partial charge in [0.15, 0.2) is 0 Å². The molecule has 7 heteroatoms. The van der Waals surface area contributed by atoms with E-state index in [9.17, 15) is 14.4 Å². The zero-order valence-corrected chi connectivity index (χ0v) is 17.0. The van der Waals surface area contributed by atoms with Crippen LogP contribution in [0.15, 0.2) is 41.2 Å². The molecule has 3 heterocycles. The molecule has 4 rings (SSSR count). The van der Waals surface area contributed by atoms with Gasteiger partial charge < -0.3 is 9.80 Å². The number of carbonyl (C=O) groups is 2. The van der Waals surface area contributed by atoms with Crippen molar-refractivity contribution in [2.24, 2.45) is 11.8 Å². The Balaban J connectivity index is 1.53. The Bertz CT molecular complexity index is 1000. The Morgan fingerprint density at radius 1 is 1.10 bits per heavy atom. The summed E-state index contributed by atoms with van der Waals surface area (Å²) in [7, 11) is 0. The molecule has 0 spiro atoms. The maximum atomic E-state index is 13.0. The van der Waals surface area contributed by atoms with E-state index in [4.69, 9.17) is 0 Å². The first-order valence-corrected chi connectivity index (χ1v) is 10.00. The minimum absolute atomic E-state index is 0.00378. The zero-order chi connectivity index (χ0) is 20.7. The van der Waals surface area contributed by atoms with E-state index in [1.807, 2.05) is 53.1 Å². The second-order valence-corrected chi connectivity index (χ2v) is 8.16. The fourth-order valence-electron chi connectivity index (χ4n) is 4.85. The molecule has 3 atom stereocenters. The highest BCUT2D eigenvalue weighted by Crippen LogP contribution is 2.44. The predicted molar refractivity (Wildman–Crippen MR) is 108 cm³/mol. The van der Waals surface area contributed by atoms with Gasteiger partial charge >= 0.3 is 5.69 Å². The second kappa shape index (κ2) is 7.46. The Kier molecular flexibility index (Phi) is 4.98. The molecule has 29 heavy (non-hydrogen) atoms. The topological polar surface area (TPSA) is 75.5 Å². The zero-order valence-electron chi connectivity index (χ0n) is 17.0. The number of aryl methyl sites for hydroxylation is 2. The summed E-state index contributed by atoms with van der Waals surface area (Å²) in [6.07, 6.45) is 0. The van der Waals surface area contributed by atoms with Gasteiger partial charge in [-0.15, -0.1) is 0 Å². The summed E-state index contributed by atoms with van der Waals surface area (Å²) in [5.74, 6) is 0.455. The third kappa shape index (κ3) is 3.57. The minimum atomic E-state index is -0.389. The highest BCUT2D eigenvalue weighted by Gasteiger charge is 2.49. The molecule has 2 aliphatic rings. The average Bonchev–Trinajstić information content (AvgIpc) is 3.23. The minimum Gasteiger partial charge on any atom is -0.340 e. The first-order chi connectivity index (χ1) is 13.8. The highest BCUT2D eigenvalue weighted by molar-refractivity contribution is 5.77. The van der Waals surface area contributed by atoms with E-state index >= 15 is 0 Å². The van der Waals surface area contributed by atoms with Gasteiger partial charge in [-0.2, -0.15) is 4.98 Å². The van der Waals surface area contributed by atoms with Crippen molar-refractivity contribution in [3.63, 3.8) is 0 Å². The third-order valence-corrected chi connectivity index (χ3v) is 6.20. The number of carbonyl (C=O) groups excluding carboxylic acids is 2.